The summed E-state index contributed by atoms with van der Waals surface area (Å²) in [7, 11) is 1.93. The quantitative estimate of drug-likeness (QED) is 0.122. The first-order valence-electron chi connectivity index (χ1n) is 23.1. The van der Waals surface area contributed by atoms with Crippen LogP contribution in [-0.4, -0.2) is 65.8 Å². The van der Waals surface area contributed by atoms with Gasteiger partial charge in [0.05, 0.1) is 12.3 Å². The molecule has 16 heteroatoms. The second kappa shape index (κ2) is 37.2. The molecule has 0 bridgehead atoms. The van der Waals surface area contributed by atoms with Crippen LogP contribution in [0.15, 0.2) is 108 Å². The lowest BCUT2D eigenvalue weighted by Crippen LogP contribution is -1.94. The van der Waals surface area contributed by atoms with E-state index < -0.39 is 5.95 Å². The van der Waals surface area contributed by atoms with Gasteiger partial charge >= 0.3 is 0 Å². The smallest absolute Gasteiger partial charge is 0.269 e. The molecule has 9 heterocycles. The Labute approximate surface area is 431 Å². The van der Waals surface area contributed by atoms with E-state index in [1.807, 2.05) is 109 Å². The van der Waals surface area contributed by atoms with Gasteiger partial charge in [-0.15, -0.1) is 4.98 Å². The van der Waals surface area contributed by atoms with Gasteiger partial charge in [-0.3, -0.25) is 14.6 Å². The Morgan fingerprint density at radius 1 is 0.700 bits per heavy atom. The minimum absolute atomic E-state index is 0.410. The maximum Gasteiger partial charge on any atom is 0.269 e. The molecule has 0 radical (unpaired) electrons. The van der Waals surface area contributed by atoms with Gasteiger partial charge in [0.25, 0.3) is 5.82 Å². The summed E-state index contributed by atoms with van der Waals surface area (Å²) in [6, 6.07) is 20.0. The number of ether oxygens (including phenoxy) is 2. The van der Waals surface area contributed by atoms with Crippen LogP contribution >= 0.6 is 34.8 Å². The molecule has 70 heavy (non-hydrogen) atoms. The van der Waals surface area contributed by atoms with Gasteiger partial charge in [0.1, 0.15) is 22.3 Å². The van der Waals surface area contributed by atoms with Crippen molar-refractivity contribution < 1.29 is 18.4 Å². The standard InChI is InChI=1S/C7H8FN.C7H6N2.2C7H9N.C6H5Cl2N.C6H10N2.2C5H10O.C4H4ClNO/c1-2-6-3-4-7(8)9-5-6;1-6-3-4-7(8-2)9-5-6;2*1-6-3-4-7(2)8-5-6;1-4-2-3-5(7)9-6(4)8;1-3-6-4-7-8(2)5-6;1-5-2-3-6-4-5;1-5-3-2-4-6-5;1-3-2-4(5)6-7-3/h3-5H,2H2,1H3;3-5H,1H3;2*3-5H,1-2H3;2-3H,1H3;4-5H,3H2,1-2H3;2*5H,2-4H2,1H3;2H,1H3. The van der Waals surface area contributed by atoms with Crippen molar-refractivity contribution in [1.82, 2.24) is 39.9 Å². The molecule has 0 spiro atoms. The Morgan fingerprint density at radius 3 is 1.59 bits per heavy atom. The molecular weight excluding hydrogens is 948 g/mol. The van der Waals surface area contributed by atoms with Crippen molar-refractivity contribution in [1.29, 1.82) is 0 Å². The highest BCUT2D eigenvalue weighted by atomic mass is 35.5. The van der Waals surface area contributed by atoms with Crippen LogP contribution in [0.4, 0.5) is 10.2 Å². The maximum absolute atomic E-state index is 12.1. The summed E-state index contributed by atoms with van der Waals surface area (Å²) >= 11 is 16.5. The molecule has 2 unspecified atom stereocenters. The fourth-order valence-electron chi connectivity index (χ4n) is 5.09. The zero-order valence-electron chi connectivity index (χ0n) is 42.9. The number of aromatic nitrogens is 8. The van der Waals surface area contributed by atoms with Gasteiger partial charge in [0.2, 0.25) is 5.95 Å². The molecule has 0 N–H and O–H groups in total. The molecule has 0 aliphatic carbocycles. The largest absolute Gasteiger partial charge is 0.381 e. The second-order valence-electron chi connectivity index (χ2n) is 16.3. The predicted octanol–water partition coefficient (Wildman–Crippen LogP) is 14.7. The number of halogens is 4. The Kier molecular flexibility index (Phi) is 33.2. The van der Waals surface area contributed by atoms with Gasteiger partial charge in [-0.05, 0) is 157 Å². The summed E-state index contributed by atoms with van der Waals surface area (Å²) in [6.45, 7) is 31.7. The van der Waals surface area contributed by atoms with Crippen molar-refractivity contribution in [3.8, 4) is 0 Å². The molecule has 9 rings (SSSR count). The third kappa shape index (κ3) is 32.2. The van der Waals surface area contributed by atoms with Crippen LogP contribution in [0.5, 0.6) is 0 Å². The van der Waals surface area contributed by atoms with Crippen LogP contribution in [0.2, 0.25) is 15.5 Å². The van der Waals surface area contributed by atoms with E-state index >= 15 is 0 Å². The topological polar surface area (TPSA) is 131 Å². The van der Waals surface area contributed by atoms with Gasteiger partial charge in [-0.25, -0.2) is 9.97 Å². The lowest BCUT2D eigenvalue weighted by molar-refractivity contribution is 0.125. The first kappa shape index (κ1) is 62.4. The van der Waals surface area contributed by atoms with Crippen molar-refractivity contribution in [2.75, 3.05) is 19.8 Å². The van der Waals surface area contributed by atoms with Gasteiger partial charge < -0.3 is 18.8 Å². The Balaban J connectivity index is 0.000000395. The molecule has 0 aromatic carbocycles. The Morgan fingerprint density at radius 2 is 1.31 bits per heavy atom. The molecule has 378 valence electrons. The monoisotopic (exact) mass is 1020 g/mol. The number of hydrogen-bond acceptors (Lipinski definition) is 10. The number of pyridine rings is 5. The summed E-state index contributed by atoms with van der Waals surface area (Å²) in [4.78, 5) is 22.4. The fourth-order valence-corrected chi connectivity index (χ4v) is 5.62. The van der Waals surface area contributed by atoms with Crippen LogP contribution < -0.4 is 0 Å². The molecule has 0 saturated carbocycles. The van der Waals surface area contributed by atoms with Crippen molar-refractivity contribution in [3.63, 3.8) is 0 Å². The molecule has 7 aromatic heterocycles. The molecule has 2 aliphatic rings. The van der Waals surface area contributed by atoms with E-state index in [0.29, 0.717) is 27.4 Å². The van der Waals surface area contributed by atoms with Crippen LogP contribution in [0.25, 0.3) is 4.85 Å². The van der Waals surface area contributed by atoms with E-state index in [2.05, 4.69) is 77.4 Å². The number of nitrogens with zero attached hydrogens (tertiary/aromatic N) is 9. The number of hydrogen-bond donors (Lipinski definition) is 0. The third-order valence-electron chi connectivity index (χ3n) is 9.41. The summed E-state index contributed by atoms with van der Waals surface area (Å²) in [5.74, 6) is 1.61. The second-order valence-corrected chi connectivity index (χ2v) is 17.4. The molecule has 2 aliphatic heterocycles. The summed E-state index contributed by atoms with van der Waals surface area (Å²) in [6.07, 6.45) is 17.2. The zero-order chi connectivity index (χ0) is 52.3. The van der Waals surface area contributed by atoms with Gasteiger partial charge in [0.15, 0.2) is 5.15 Å². The maximum atomic E-state index is 12.1. The molecule has 7 aromatic rings. The molecule has 0 amide bonds. The minimum Gasteiger partial charge on any atom is -0.381 e. The molecule has 2 atom stereocenters. The first-order chi connectivity index (χ1) is 33.3. The van der Waals surface area contributed by atoms with Gasteiger partial charge in [-0.2, -0.15) is 9.49 Å². The van der Waals surface area contributed by atoms with E-state index in [1.165, 1.54) is 42.0 Å². The zero-order valence-corrected chi connectivity index (χ0v) is 45.2. The summed E-state index contributed by atoms with van der Waals surface area (Å²) in [5, 5.41) is 8.74. The summed E-state index contributed by atoms with van der Waals surface area (Å²) in [5.41, 5.74) is 8.99. The van der Waals surface area contributed by atoms with E-state index in [0.717, 1.165) is 72.4 Å². The van der Waals surface area contributed by atoms with Crippen molar-refractivity contribution in [2.24, 2.45) is 13.0 Å². The van der Waals surface area contributed by atoms with Gasteiger partial charge in [-0.1, -0.05) is 97.6 Å². The normalized spacial score (nSPS) is 13.6. The average Bonchev–Trinajstić information content (AvgIpc) is 4.20. The first-order valence-corrected chi connectivity index (χ1v) is 24.2. The lowest BCUT2D eigenvalue weighted by Gasteiger charge is -1.94. The Bertz CT molecular complexity index is 2320. The SMILES string of the molecule is CC1CCCO1.CC1CCOC1.CCc1ccc(F)nc1.CCc1cnn(C)c1.Cc1cc(Cl)no1.Cc1ccc(C)nc1.Cc1ccc(C)nc1.Cc1ccc(Cl)nc1Cl.[C-]#[N+]c1ccc(C)cn1. The molecular formula is C54H71Cl3FN9O3. The van der Waals surface area contributed by atoms with Crippen LogP contribution in [0.1, 0.15) is 97.5 Å². The van der Waals surface area contributed by atoms with Crippen molar-refractivity contribution >= 4 is 40.6 Å². The fraction of sp³-hybridized carbons (Fsp3) is 0.407. The van der Waals surface area contributed by atoms with Crippen molar-refractivity contribution in [3.05, 3.63) is 187 Å². The molecule has 2 fully saturated rings. The molecule has 12 nitrogen and oxygen atoms in total. The summed E-state index contributed by atoms with van der Waals surface area (Å²) < 4.78 is 28.7. The highest BCUT2D eigenvalue weighted by Crippen LogP contribution is 2.15. The number of aryl methyl sites for hydroxylation is 10. The number of rotatable bonds is 2. The van der Waals surface area contributed by atoms with Crippen molar-refractivity contribution in [2.45, 2.75) is 114 Å². The Hall–Kier alpha value is -5.62. The van der Waals surface area contributed by atoms with E-state index in [4.69, 9.17) is 50.8 Å². The van der Waals surface area contributed by atoms with E-state index in [9.17, 15) is 4.39 Å². The van der Waals surface area contributed by atoms with E-state index in [1.54, 1.807) is 43.6 Å². The highest BCUT2D eigenvalue weighted by molar-refractivity contribution is 6.32. The van der Waals surface area contributed by atoms with E-state index in [-0.39, 0.29) is 0 Å². The van der Waals surface area contributed by atoms with Crippen LogP contribution in [0.3, 0.4) is 0 Å². The minimum atomic E-state index is -0.410. The van der Waals surface area contributed by atoms with Gasteiger partial charge in [0, 0.05) is 69.1 Å². The average molecular weight is 1020 g/mol. The lowest BCUT2D eigenvalue weighted by atomic mass is 10.2. The molecule has 2 saturated heterocycles. The van der Waals surface area contributed by atoms with Crippen LogP contribution in [-0.2, 0) is 29.4 Å². The predicted molar refractivity (Wildman–Crippen MR) is 283 cm³/mol. The highest BCUT2D eigenvalue weighted by Gasteiger charge is 2.08. The van der Waals surface area contributed by atoms with Crippen LogP contribution in [0, 0.1) is 66.9 Å². The third-order valence-corrected chi connectivity index (χ3v) is 10.2.